The molecule has 0 radical (unpaired) electrons. The van der Waals surface area contributed by atoms with Gasteiger partial charge in [-0.15, -0.1) is 0 Å². The van der Waals surface area contributed by atoms with Gasteiger partial charge in [0.1, 0.15) is 5.82 Å². The Labute approximate surface area is 146 Å². The second-order valence-electron chi connectivity index (χ2n) is 7.08. The highest BCUT2D eigenvalue weighted by Gasteiger charge is 2.39. The van der Waals surface area contributed by atoms with Gasteiger partial charge < -0.3 is 20.1 Å². The molecule has 25 heavy (non-hydrogen) atoms. The Balaban J connectivity index is 1.34. The highest BCUT2D eigenvalue weighted by molar-refractivity contribution is 5.82. The summed E-state index contributed by atoms with van der Waals surface area (Å²) in [4.78, 5) is 30.6. The minimum absolute atomic E-state index is 0.101. The van der Waals surface area contributed by atoms with E-state index in [0.717, 1.165) is 35.3 Å². The van der Waals surface area contributed by atoms with E-state index >= 15 is 0 Å². The van der Waals surface area contributed by atoms with Crippen LogP contribution in [-0.2, 0) is 18.4 Å². The molecule has 1 aliphatic carbocycles. The smallest absolute Gasteiger partial charge is 0.315 e. The van der Waals surface area contributed by atoms with E-state index in [1.807, 2.05) is 35.6 Å². The van der Waals surface area contributed by atoms with Crippen LogP contribution < -0.4 is 10.6 Å². The number of carbonyl (C=O) groups excluding carboxylic acids is 2. The Kier molecular flexibility index (Phi) is 3.86. The molecular formula is C18H23N5O2. The number of aryl methyl sites for hydroxylation is 2. The predicted octanol–water partition coefficient (Wildman–Crippen LogP) is 1.44. The highest BCUT2D eigenvalue weighted by atomic mass is 16.2. The number of imidazole rings is 1. The number of fused-ring (bicyclic) bond motifs is 1. The summed E-state index contributed by atoms with van der Waals surface area (Å²) in [5, 5.41) is 5.76. The van der Waals surface area contributed by atoms with Crippen molar-refractivity contribution >= 4 is 23.0 Å². The van der Waals surface area contributed by atoms with E-state index in [1.165, 1.54) is 0 Å². The SMILES string of the molecule is Cc1ccc2c(c1)nc(CNC(=O)NC1CC(=O)N(C3CC3)C1)n2C. The summed E-state index contributed by atoms with van der Waals surface area (Å²) in [6, 6.07) is 6.19. The van der Waals surface area contributed by atoms with Crippen LogP contribution in [0.2, 0.25) is 0 Å². The van der Waals surface area contributed by atoms with Crippen molar-refractivity contribution in [3.8, 4) is 0 Å². The van der Waals surface area contributed by atoms with Gasteiger partial charge in [-0.05, 0) is 37.5 Å². The quantitative estimate of drug-likeness (QED) is 0.883. The molecule has 7 nitrogen and oxygen atoms in total. The predicted molar refractivity (Wildman–Crippen MR) is 94.0 cm³/mol. The average Bonchev–Trinajstić information content (AvgIpc) is 3.28. The van der Waals surface area contributed by atoms with Crippen molar-refractivity contribution in [1.29, 1.82) is 0 Å². The minimum Gasteiger partial charge on any atom is -0.338 e. The molecular weight excluding hydrogens is 318 g/mol. The monoisotopic (exact) mass is 341 g/mol. The lowest BCUT2D eigenvalue weighted by Crippen LogP contribution is -2.43. The second-order valence-corrected chi connectivity index (χ2v) is 7.08. The first kappa shape index (κ1) is 15.9. The van der Waals surface area contributed by atoms with Crippen molar-refractivity contribution in [2.24, 2.45) is 7.05 Å². The molecule has 1 saturated heterocycles. The van der Waals surface area contributed by atoms with Crippen LogP contribution in [0.3, 0.4) is 0 Å². The number of carbonyl (C=O) groups is 2. The summed E-state index contributed by atoms with van der Waals surface area (Å²) in [6.07, 6.45) is 2.59. The van der Waals surface area contributed by atoms with Gasteiger partial charge in [0.25, 0.3) is 0 Å². The lowest BCUT2D eigenvalue weighted by Gasteiger charge is -2.16. The molecule has 132 valence electrons. The molecule has 1 unspecified atom stereocenters. The van der Waals surface area contributed by atoms with E-state index < -0.39 is 0 Å². The first-order valence-electron chi connectivity index (χ1n) is 8.77. The third kappa shape index (κ3) is 3.18. The Bertz CT molecular complexity index is 839. The maximum atomic E-state index is 12.2. The van der Waals surface area contributed by atoms with E-state index in [9.17, 15) is 9.59 Å². The molecule has 1 aromatic carbocycles. The summed E-state index contributed by atoms with van der Waals surface area (Å²) < 4.78 is 1.99. The number of likely N-dealkylation sites (tertiary alicyclic amines) is 1. The van der Waals surface area contributed by atoms with Crippen molar-refractivity contribution in [2.45, 2.75) is 44.8 Å². The van der Waals surface area contributed by atoms with Crippen LogP contribution in [0.4, 0.5) is 4.79 Å². The minimum atomic E-state index is -0.251. The second kappa shape index (κ2) is 6.06. The van der Waals surface area contributed by atoms with Crippen molar-refractivity contribution in [3.63, 3.8) is 0 Å². The number of hydrogen-bond donors (Lipinski definition) is 2. The normalized spacial score (nSPS) is 20.3. The lowest BCUT2D eigenvalue weighted by molar-refractivity contribution is -0.128. The number of nitrogens with zero attached hydrogens (tertiary/aromatic N) is 3. The fraction of sp³-hybridized carbons (Fsp3) is 0.500. The van der Waals surface area contributed by atoms with Crippen LogP contribution in [0.1, 0.15) is 30.7 Å². The van der Waals surface area contributed by atoms with Crippen molar-refractivity contribution in [1.82, 2.24) is 25.1 Å². The Morgan fingerprint density at radius 1 is 1.36 bits per heavy atom. The Hall–Kier alpha value is -2.57. The molecule has 2 aromatic rings. The number of benzene rings is 1. The van der Waals surface area contributed by atoms with Gasteiger partial charge in [0.15, 0.2) is 0 Å². The van der Waals surface area contributed by atoms with Crippen LogP contribution in [0, 0.1) is 6.92 Å². The van der Waals surface area contributed by atoms with Crippen LogP contribution >= 0.6 is 0 Å². The van der Waals surface area contributed by atoms with E-state index in [-0.39, 0.29) is 18.0 Å². The molecule has 2 heterocycles. The summed E-state index contributed by atoms with van der Waals surface area (Å²) in [7, 11) is 1.95. The van der Waals surface area contributed by atoms with Gasteiger partial charge in [0.2, 0.25) is 5.91 Å². The van der Waals surface area contributed by atoms with Crippen molar-refractivity contribution in [3.05, 3.63) is 29.6 Å². The van der Waals surface area contributed by atoms with Crippen LogP contribution in [0.15, 0.2) is 18.2 Å². The fourth-order valence-electron chi connectivity index (χ4n) is 3.48. The number of hydrogen-bond acceptors (Lipinski definition) is 3. The number of rotatable bonds is 4. The topological polar surface area (TPSA) is 79.3 Å². The zero-order chi connectivity index (χ0) is 17.6. The number of urea groups is 1. The summed E-state index contributed by atoms with van der Waals surface area (Å²) in [5.74, 6) is 0.955. The molecule has 3 amide bonds. The first-order chi connectivity index (χ1) is 12.0. The molecule has 0 spiro atoms. The lowest BCUT2D eigenvalue weighted by atomic mass is 10.2. The van der Waals surface area contributed by atoms with Gasteiger partial charge in [0, 0.05) is 26.1 Å². The number of amides is 3. The fourth-order valence-corrected chi connectivity index (χ4v) is 3.48. The molecule has 1 atom stereocenters. The average molecular weight is 341 g/mol. The molecule has 2 N–H and O–H groups in total. The highest BCUT2D eigenvalue weighted by Crippen LogP contribution is 2.30. The molecule has 2 fully saturated rings. The summed E-state index contributed by atoms with van der Waals surface area (Å²) in [6.45, 7) is 3.01. The van der Waals surface area contributed by atoms with Gasteiger partial charge in [-0.2, -0.15) is 0 Å². The molecule has 4 rings (SSSR count). The maximum Gasteiger partial charge on any atom is 0.315 e. The van der Waals surface area contributed by atoms with Gasteiger partial charge in [0.05, 0.1) is 23.6 Å². The Morgan fingerprint density at radius 3 is 2.92 bits per heavy atom. The summed E-state index contributed by atoms with van der Waals surface area (Å²) in [5.41, 5.74) is 3.14. The molecule has 1 aromatic heterocycles. The van der Waals surface area contributed by atoms with Crippen molar-refractivity contribution < 1.29 is 9.59 Å². The molecule has 2 aliphatic rings. The van der Waals surface area contributed by atoms with Crippen LogP contribution in [0.25, 0.3) is 11.0 Å². The van der Waals surface area contributed by atoms with Gasteiger partial charge >= 0.3 is 6.03 Å². The van der Waals surface area contributed by atoms with E-state index in [0.29, 0.717) is 25.6 Å². The first-order valence-corrected chi connectivity index (χ1v) is 8.77. The third-order valence-electron chi connectivity index (χ3n) is 5.02. The standard InChI is InChI=1S/C18H23N5O2/c1-11-3-6-15-14(7-11)21-16(22(15)2)9-19-18(25)20-12-8-17(24)23(10-12)13-4-5-13/h3,6-7,12-13H,4-5,8-10H2,1-2H3,(H2,19,20,25). The van der Waals surface area contributed by atoms with E-state index in [1.54, 1.807) is 0 Å². The van der Waals surface area contributed by atoms with Gasteiger partial charge in [-0.3, -0.25) is 4.79 Å². The maximum absolute atomic E-state index is 12.2. The van der Waals surface area contributed by atoms with Gasteiger partial charge in [-0.1, -0.05) is 6.07 Å². The Morgan fingerprint density at radius 2 is 2.16 bits per heavy atom. The van der Waals surface area contributed by atoms with Crippen LogP contribution in [0.5, 0.6) is 0 Å². The van der Waals surface area contributed by atoms with Crippen molar-refractivity contribution in [2.75, 3.05) is 6.54 Å². The zero-order valence-corrected chi connectivity index (χ0v) is 14.6. The van der Waals surface area contributed by atoms with E-state index in [2.05, 4.69) is 21.7 Å². The number of aromatic nitrogens is 2. The van der Waals surface area contributed by atoms with Crippen LogP contribution in [-0.4, -0.2) is 45.0 Å². The number of nitrogens with one attached hydrogen (secondary N) is 2. The summed E-state index contributed by atoms with van der Waals surface area (Å²) >= 11 is 0. The molecule has 1 aliphatic heterocycles. The molecule has 0 bridgehead atoms. The third-order valence-corrected chi connectivity index (χ3v) is 5.02. The molecule has 1 saturated carbocycles. The largest absolute Gasteiger partial charge is 0.338 e. The van der Waals surface area contributed by atoms with Gasteiger partial charge in [-0.25, -0.2) is 9.78 Å². The van der Waals surface area contributed by atoms with E-state index in [4.69, 9.17) is 0 Å². The molecule has 7 heteroatoms. The zero-order valence-electron chi connectivity index (χ0n) is 14.6.